The SMILES string of the molecule is COc1cc(C=NNC(=O)c2cccnc2Cl)cc(Br)c1O. The highest BCUT2D eigenvalue weighted by atomic mass is 79.9. The van der Waals surface area contributed by atoms with Gasteiger partial charge in [0, 0.05) is 6.20 Å². The molecule has 114 valence electrons. The van der Waals surface area contributed by atoms with Gasteiger partial charge in [-0.25, -0.2) is 10.4 Å². The van der Waals surface area contributed by atoms with Crippen LogP contribution >= 0.6 is 27.5 Å². The highest BCUT2D eigenvalue weighted by Gasteiger charge is 2.10. The molecule has 8 heteroatoms. The molecule has 1 aromatic heterocycles. The number of nitrogens with zero attached hydrogens (tertiary/aromatic N) is 2. The van der Waals surface area contributed by atoms with Crippen molar-refractivity contribution in [1.82, 2.24) is 10.4 Å². The van der Waals surface area contributed by atoms with E-state index in [-0.39, 0.29) is 22.2 Å². The van der Waals surface area contributed by atoms with Gasteiger partial charge in [0.2, 0.25) is 0 Å². The van der Waals surface area contributed by atoms with Crippen LogP contribution in [0.2, 0.25) is 5.15 Å². The molecule has 0 saturated heterocycles. The lowest BCUT2D eigenvalue weighted by atomic mass is 10.2. The van der Waals surface area contributed by atoms with Crippen LogP contribution in [0.1, 0.15) is 15.9 Å². The molecule has 0 saturated carbocycles. The molecule has 0 radical (unpaired) electrons. The Morgan fingerprint density at radius 2 is 2.32 bits per heavy atom. The number of carbonyl (C=O) groups is 1. The average molecular weight is 385 g/mol. The van der Waals surface area contributed by atoms with Gasteiger partial charge in [0.05, 0.1) is 23.4 Å². The van der Waals surface area contributed by atoms with E-state index in [1.807, 2.05) is 0 Å². The molecule has 2 aromatic rings. The van der Waals surface area contributed by atoms with Gasteiger partial charge >= 0.3 is 0 Å². The van der Waals surface area contributed by atoms with Crippen LogP contribution in [0.15, 0.2) is 40.0 Å². The summed E-state index contributed by atoms with van der Waals surface area (Å²) in [5.41, 5.74) is 3.20. The maximum Gasteiger partial charge on any atom is 0.274 e. The van der Waals surface area contributed by atoms with Crippen molar-refractivity contribution < 1.29 is 14.6 Å². The number of phenols is 1. The van der Waals surface area contributed by atoms with Crippen molar-refractivity contribution in [1.29, 1.82) is 0 Å². The molecule has 0 fully saturated rings. The first-order chi connectivity index (χ1) is 10.5. The van der Waals surface area contributed by atoms with Crippen LogP contribution in [-0.2, 0) is 0 Å². The molecule has 0 aliphatic heterocycles. The van der Waals surface area contributed by atoms with Crippen molar-refractivity contribution >= 4 is 39.7 Å². The fourth-order valence-electron chi connectivity index (χ4n) is 1.60. The van der Waals surface area contributed by atoms with Gasteiger partial charge in [0.1, 0.15) is 5.15 Å². The second-order valence-electron chi connectivity index (χ2n) is 4.09. The maximum atomic E-state index is 11.9. The molecule has 1 aromatic carbocycles. The predicted molar refractivity (Wildman–Crippen MR) is 86.7 cm³/mol. The topological polar surface area (TPSA) is 83.8 Å². The summed E-state index contributed by atoms with van der Waals surface area (Å²) < 4.78 is 5.48. The molecule has 0 aliphatic carbocycles. The standard InChI is InChI=1S/C14H11BrClN3O3/c1-22-11-6-8(5-10(15)12(11)20)7-18-19-14(21)9-3-2-4-17-13(9)16/h2-7,20H,1H3,(H,19,21). The van der Waals surface area contributed by atoms with Crippen LogP contribution in [0.25, 0.3) is 0 Å². The van der Waals surface area contributed by atoms with Crippen LogP contribution in [0.4, 0.5) is 0 Å². The average Bonchev–Trinajstić information content (AvgIpc) is 2.50. The van der Waals surface area contributed by atoms with Gasteiger partial charge in [-0.3, -0.25) is 4.79 Å². The predicted octanol–water partition coefficient (Wildman–Crippen LogP) is 2.98. The van der Waals surface area contributed by atoms with E-state index in [2.05, 4.69) is 31.4 Å². The third-order valence-corrected chi connectivity index (χ3v) is 3.56. The van der Waals surface area contributed by atoms with E-state index < -0.39 is 5.91 Å². The lowest BCUT2D eigenvalue weighted by molar-refractivity contribution is 0.0955. The fourth-order valence-corrected chi connectivity index (χ4v) is 2.27. The number of pyridine rings is 1. The lowest BCUT2D eigenvalue weighted by Gasteiger charge is -2.06. The largest absolute Gasteiger partial charge is 0.503 e. The zero-order chi connectivity index (χ0) is 16.1. The number of amides is 1. The summed E-state index contributed by atoms with van der Waals surface area (Å²) in [6, 6.07) is 6.35. The van der Waals surface area contributed by atoms with Crippen molar-refractivity contribution in [2.75, 3.05) is 7.11 Å². The maximum absolute atomic E-state index is 11.9. The zero-order valence-corrected chi connectivity index (χ0v) is 13.7. The number of hydrazone groups is 1. The number of rotatable bonds is 4. The Balaban J connectivity index is 2.12. The monoisotopic (exact) mass is 383 g/mol. The van der Waals surface area contributed by atoms with Gasteiger partial charge < -0.3 is 9.84 Å². The quantitative estimate of drug-likeness (QED) is 0.482. The number of benzene rings is 1. The second-order valence-corrected chi connectivity index (χ2v) is 5.31. The number of methoxy groups -OCH3 is 1. The minimum Gasteiger partial charge on any atom is -0.503 e. The van der Waals surface area contributed by atoms with E-state index in [1.165, 1.54) is 19.5 Å². The van der Waals surface area contributed by atoms with Crippen molar-refractivity contribution in [2.24, 2.45) is 5.10 Å². The summed E-state index contributed by atoms with van der Waals surface area (Å²) in [5.74, 6) is -0.192. The summed E-state index contributed by atoms with van der Waals surface area (Å²) in [4.78, 5) is 15.7. The Labute approximate surface area is 139 Å². The highest BCUT2D eigenvalue weighted by Crippen LogP contribution is 2.34. The molecule has 0 aliphatic rings. The van der Waals surface area contributed by atoms with Crippen molar-refractivity contribution in [2.45, 2.75) is 0 Å². The number of carbonyl (C=O) groups excluding carboxylic acids is 1. The molecule has 6 nitrogen and oxygen atoms in total. The number of hydrogen-bond acceptors (Lipinski definition) is 5. The van der Waals surface area contributed by atoms with Gasteiger partial charge in [0.25, 0.3) is 5.91 Å². The normalized spacial score (nSPS) is 10.7. The molecule has 0 spiro atoms. The van der Waals surface area contributed by atoms with E-state index in [0.717, 1.165) is 0 Å². The number of halogens is 2. The first-order valence-electron chi connectivity index (χ1n) is 6.03. The number of ether oxygens (including phenoxy) is 1. The molecule has 1 amide bonds. The van der Waals surface area contributed by atoms with Crippen molar-refractivity contribution in [3.8, 4) is 11.5 Å². The van der Waals surface area contributed by atoms with E-state index >= 15 is 0 Å². The van der Waals surface area contributed by atoms with Crippen LogP contribution in [0.3, 0.4) is 0 Å². The minimum atomic E-state index is -0.473. The summed E-state index contributed by atoms with van der Waals surface area (Å²) >= 11 is 9.02. The lowest BCUT2D eigenvalue weighted by Crippen LogP contribution is -2.18. The molecular formula is C14H11BrClN3O3. The number of hydrogen-bond donors (Lipinski definition) is 2. The zero-order valence-electron chi connectivity index (χ0n) is 11.4. The molecule has 2 N–H and O–H groups in total. The number of aromatic hydroxyl groups is 1. The molecule has 22 heavy (non-hydrogen) atoms. The van der Waals surface area contributed by atoms with Gasteiger partial charge in [-0.2, -0.15) is 5.10 Å². The van der Waals surface area contributed by atoms with Crippen LogP contribution < -0.4 is 10.2 Å². The van der Waals surface area contributed by atoms with Gasteiger partial charge in [-0.05, 0) is 45.8 Å². The van der Waals surface area contributed by atoms with Crippen molar-refractivity contribution in [3.05, 3.63) is 51.2 Å². The molecule has 0 bridgehead atoms. The van der Waals surface area contributed by atoms with Crippen LogP contribution in [0, 0.1) is 0 Å². The fraction of sp³-hybridized carbons (Fsp3) is 0.0714. The molecular weight excluding hydrogens is 374 g/mol. The molecule has 0 unspecified atom stereocenters. The van der Waals surface area contributed by atoms with Gasteiger partial charge in [-0.1, -0.05) is 11.6 Å². The van der Waals surface area contributed by atoms with E-state index in [9.17, 15) is 9.90 Å². The first-order valence-corrected chi connectivity index (χ1v) is 7.20. The number of phenolic OH excluding ortho intramolecular Hbond substituents is 1. The first kappa shape index (κ1) is 16.3. The molecule has 0 atom stereocenters. The Morgan fingerprint density at radius 3 is 3.00 bits per heavy atom. The summed E-state index contributed by atoms with van der Waals surface area (Å²) in [6.45, 7) is 0. The van der Waals surface area contributed by atoms with Crippen molar-refractivity contribution in [3.63, 3.8) is 0 Å². The van der Waals surface area contributed by atoms with E-state index in [4.69, 9.17) is 16.3 Å². The summed E-state index contributed by atoms with van der Waals surface area (Å²) in [6.07, 6.45) is 2.90. The Kier molecular flexibility index (Phi) is 5.35. The van der Waals surface area contributed by atoms with Crippen LogP contribution in [-0.4, -0.2) is 29.3 Å². The van der Waals surface area contributed by atoms with Crippen LogP contribution in [0.5, 0.6) is 11.5 Å². The minimum absolute atomic E-state index is 0.00849. The highest BCUT2D eigenvalue weighted by molar-refractivity contribution is 9.10. The Morgan fingerprint density at radius 1 is 1.55 bits per heavy atom. The molecule has 2 rings (SSSR count). The third-order valence-electron chi connectivity index (χ3n) is 2.65. The number of aromatic nitrogens is 1. The van der Waals surface area contributed by atoms with E-state index in [1.54, 1.807) is 24.3 Å². The van der Waals surface area contributed by atoms with E-state index in [0.29, 0.717) is 10.0 Å². The molecule has 1 heterocycles. The Bertz CT molecular complexity index is 737. The Hall–Kier alpha value is -2.12. The van der Waals surface area contributed by atoms with Gasteiger partial charge in [0.15, 0.2) is 11.5 Å². The second kappa shape index (κ2) is 7.24. The van der Waals surface area contributed by atoms with Gasteiger partial charge in [-0.15, -0.1) is 0 Å². The summed E-state index contributed by atoms with van der Waals surface area (Å²) in [7, 11) is 1.44. The third kappa shape index (κ3) is 3.75. The smallest absolute Gasteiger partial charge is 0.274 e. The number of nitrogens with one attached hydrogen (secondary N) is 1. The summed E-state index contributed by atoms with van der Waals surface area (Å²) in [5, 5.41) is 13.6.